The van der Waals surface area contributed by atoms with Crippen molar-refractivity contribution in [2.75, 3.05) is 0 Å². The number of nitro benzene ring substituents is 1. The SMILES string of the molecule is Cc1cccc(C2=NC(=Cc3cccc([N+](=O)[O-])c3)C(=O)O2)c1. The first kappa shape index (κ1) is 14.6. The molecule has 0 unspecified atom stereocenters. The van der Waals surface area contributed by atoms with Crippen molar-refractivity contribution in [1.82, 2.24) is 0 Å². The topological polar surface area (TPSA) is 81.8 Å². The van der Waals surface area contributed by atoms with Crippen molar-refractivity contribution in [3.05, 3.63) is 81.0 Å². The van der Waals surface area contributed by atoms with Gasteiger partial charge in [0.2, 0.25) is 5.90 Å². The van der Waals surface area contributed by atoms with E-state index < -0.39 is 10.9 Å². The lowest BCUT2D eigenvalue weighted by Crippen LogP contribution is -2.05. The van der Waals surface area contributed by atoms with E-state index in [4.69, 9.17) is 4.74 Å². The molecule has 0 aliphatic carbocycles. The number of cyclic esters (lactones) is 1. The largest absolute Gasteiger partial charge is 0.402 e. The molecule has 0 fully saturated rings. The first-order chi connectivity index (χ1) is 11.0. The Bertz CT molecular complexity index is 868. The predicted molar refractivity (Wildman–Crippen MR) is 84.9 cm³/mol. The van der Waals surface area contributed by atoms with Gasteiger partial charge in [0.15, 0.2) is 5.70 Å². The number of esters is 1. The Morgan fingerprint density at radius 3 is 2.70 bits per heavy atom. The number of hydrogen-bond donors (Lipinski definition) is 0. The zero-order valence-corrected chi connectivity index (χ0v) is 12.2. The van der Waals surface area contributed by atoms with Crippen LogP contribution in [-0.4, -0.2) is 16.8 Å². The van der Waals surface area contributed by atoms with Crippen LogP contribution in [-0.2, 0) is 9.53 Å². The van der Waals surface area contributed by atoms with Crippen molar-refractivity contribution < 1.29 is 14.5 Å². The summed E-state index contributed by atoms with van der Waals surface area (Å²) in [5.41, 5.74) is 2.31. The van der Waals surface area contributed by atoms with E-state index in [1.807, 2.05) is 25.1 Å². The number of nitro groups is 1. The maximum atomic E-state index is 11.9. The molecular weight excluding hydrogens is 296 g/mol. The lowest BCUT2D eigenvalue weighted by molar-refractivity contribution is -0.384. The van der Waals surface area contributed by atoms with E-state index in [0.29, 0.717) is 11.1 Å². The van der Waals surface area contributed by atoms with Crippen molar-refractivity contribution in [3.8, 4) is 0 Å². The van der Waals surface area contributed by atoms with Gasteiger partial charge >= 0.3 is 5.97 Å². The Morgan fingerprint density at radius 1 is 1.17 bits per heavy atom. The highest BCUT2D eigenvalue weighted by atomic mass is 16.6. The Morgan fingerprint density at radius 2 is 1.96 bits per heavy atom. The van der Waals surface area contributed by atoms with Crippen LogP contribution < -0.4 is 0 Å². The van der Waals surface area contributed by atoms with E-state index in [2.05, 4.69) is 4.99 Å². The summed E-state index contributed by atoms with van der Waals surface area (Å²) in [5.74, 6) is -0.344. The van der Waals surface area contributed by atoms with Crippen molar-refractivity contribution in [3.63, 3.8) is 0 Å². The molecule has 0 N–H and O–H groups in total. The Balaban J connectivity index is 1.95. The third-order valence-corrected chi connectivity index (χ3v) is 3.27. The highest BCUT2D eigenvalue weighted by Gasteiger charge is 2.24. The van der Waals surface area contributed by atoms with Gasteiger partial charge in [-0.3, -0.25) is 10.1 Å². The van der Waals surface area contributed by atoms with Gasteiger partial charge in [-0.15, -0.1) is 0 Å². The van der Waals surface area contributed by atoms with Crippen LogP contribution >= 0.6 is 0 Å². The minimum atomic E-state index is -0.576. The van der Waals surface area contributed by atoms with Crippen LogP contribution in [0.2, 0.25) is 0 Å². The highest BCUT2D eigenvalue weighted by molar-refractivity contribution is 6.12. The van der Waals surface area contributed by atoms with Gasteiger partial charge in [-0.25, -0.2) is 9.79 Å². The van der Waals surface area contributed by atoms with Gasteiger partial charge in [0.05, 0.1) is 4.92 Å². The van der Waals surface area contributed by atoms with E-state index in [1.54, 1.807) is 18.2 Å². The molecule has 0 atom stereocenters. The number of non-ortho nitro benzene ring substituents is 1. The molecule has 0 saturated heterocycles. The summed E-state index contributed by atoms with van der Waals surface area (Å²) in [5, 5.41) is 10.8. The van der Waals surface area contributed by atoms with E-state index in [0.717, 1.165) is 5.56 Å². The van der Waals surface area contributed by atoms with Gasteiger partial charge in [-0.05, 0) is 30.7 Å². The Labute approximate surface area is 131 Å². The van der Waals surface area contributed by atoms with Crippen LogP contribution in [0.15, 0.2) is 59.2 Å². The summed E-state index contributed by atoms with van der Waals surface area (Å²) in [4.78, 5) is 26.4. The van der Waals surface area contributed by atoms with Gasteiger partial charge in [0, 0.05) is 17.7 Å². The molecule has 1 aliphatic heterocycles. The van der Waals surface area contributed by atoms with E-state index in [9.17, 15) is 14.9 Å². The molecule has 114 valence electrons. The van der Waals surface area contributed by atoms with Gasteiger partial charge in [0.1, 0.15) is 0 Å². The maximum absolute atomic E-state index is 11.9. The van der Waals surface area contributed by atoms with E-state index in [-0.39, 0.29) is 17.3 Å². The lowest BCUT2D eigenvalue weighted by atomic mass is 10.1. The number of nitrogens with zero attached hydrogens (tertiary/aromatic N) is 2. The number of carbonyl (C=O) groups is 1. The molecule has 0 bridgehead atoms. The summed E-state index contributed by atoms with van der Waals surface area (Å²) in [6.07, 6.45) is 1.47. The molecule has 0 spiro atoms. The molecule has 0 amide bonds. The average Bonchev–Trinajstić information content (AvgIpc) is 2.89. The van der Waals surface area contributed by atoms with Crippen LogP contribution in [0.3, 0.4) is 0 Å². The molecule has 2 aromatic rings. The van der Waals surface area contributed by atoms with Crippen molar-refractivity contribution >= 4 is 23.6 Å². The number of ether oxygens (including phenoxy) is 1. The van der Waals surface area contributed by atoms with Crippen molar-refractivity contribution in [1.29, 1.82) is 0 Å². The van der Waals surface area contributed by atoms with Crippen LogP contribution in [0.4, 0.5) is 5.69 Å². The third kappa shape index (κ3) is 3.16. The second-order valence-electron chi connectivity index (χ2n) is 5.06. The van der Waals surface area contributed by atoms with Gasteiger partial charge in [-0.2, -0.15) is 0 Å². The molecule has 0 aromatic heterocycles. The van der Waals surface area contributed by atoms with Crippen LogP contribution in [0.25, 0.3) is 6.08 Å². The minimum absolute atomic E-state index is 0.0476. The smallest absolute Gasteiger partial charge is 0.363 e. The molecule has 2 aromatic carbocycles. The molecule has 23 heavy (non-hydrogen) atoms. The molecule has 6 nitrogen and oxygen atoms in total. The van der Waals surface area contributed by atoms with Gasteiger partial charge in [0.25, 0.3) is 5.69 Å². The molecule has 1 heterocycles. The zero-order valence-electron chi connectivity index (χ0n) is 12.2. The normalized spacial score (nSPS) is 15.4. The van der Waals surface area contributed by atoms with E-state index in [1.165, 1.54) is 18.2 Å². The second-order valence-corrected chi connectivity index (χ2v) is 5.06. The zero-order chi connectivity index (χ0) is 16.4. The Hall–Kier alpha value is -3.28. The summed E-state index contributed by atoms with van der Waals surface area (Å²) in [7, 11) is 0. The summed E-state index contributed by atoms with van der Waals surface area (Å²) in [6.45, 7) is 1.93. The van der Waals surface area contributed by atoms with Crippen molar-refractivity contribution in [2.24, 2.45) is 4.99 Å². The fourth-order valence-corrected chi connectivity index (χ4v) is 2.20. The average molecular weight is 308 g/mol. The number of carbonyl (C=O) groups excluding carboxylic acids is 1. The molecule has 0 saturated carbocycles. The van der Waals surface area contributed by atoms with Crippen LogP contribution in [0.1, 0.15) is 16.7 Å². The fourth-order valence-electron chi connectivity index (χ4n) is 2.20. The number of benzene rings is 2. The third-order valence-electron chi connectivity index (χ3n) is 3.27. The Kier molecular flexibility index (Phi) is 3.72. The first-order valence-corrected chi connectivity index (χ1v) is 6.87. The summed E-state index contributed by atoms with van der Waals surface area (Å²) in [6, 6.07) is 13.4. The van der Waals surface area contributed by atoms with Gasteiger partial charge in [-0.1, -0.05) is 29.8 Å². The molecule has 1 aliphatic rings. The molecule has 3 rings (SSSR count). The number of aryl methyl sites for hydroxylation is 1. The second kappa shape index (κ2) is 5.84. The number of aliphatic imine (C=N–C) groups is 1. The standard InChI is InChI=1S/C17H12N2O4/c1-11-4-2-6-13(8-11)16-18-15(17(20)23-16)10-12-5-3-7-14(9-12)19(21)22/h2-10H,1H3. The molecular formula is C17H12N2O4. The number of hydrogen-bond acceptors (Lipinski definition) is 5. The maximum Gasteiger partial charge on any atom is 0.363 e. The van der Waals surface area contributed by atoms with E-state index >= 15 is 0 Å². The fraction of sp³-hybridized carbons (Fsp3) is 0.0588. The predicted octanol–water partition coefficient (Wildman–Crippen LogP) is 3.25. The summed E-state index contributed by atoms with van der Waals surface area (Å²) < 4.78 is 5.17. The monoisotopic (exact) mass is 308 g/mol. The van der Waals surface area contributed by atoms with Crippen LogP contribution in [0, 0.1) is 17.0 Å². The summed E-state index contributed by atoms with van der Waals surface area (Å²) >= 11 is 0. The van der Waals surface area contributed by atoms with Gasteiger partial charge < -0.3 is 4.74 Å². The first-order valence-electron chi connectivity index (χ1n) is 6.87. The lowest BCUT2D eigenvalue weighted by Gasteiger charge is -1.99. The highest BCUT2D eigenvalue weighted by Crippen LogP contribution is 2.21. The minimum Gasteiger partial charge on any atom is -0.402 e. The molecule has 0 radical (unpaired) electrons. The quantitative estimate of drug-likeness (QED) is 0.377. The van der Waals surface area contributed by atoms with Crippen LogP contribution in [0.5, 0.6) is 0 Å². The number of rotatable bonds is 3. The molecule has 6 heteroatoms. The van der Waals surface area contributed by atoms with Crippen molar-refractivity contribution in [2.45, 2.75) is 6.92 Å².